The first-order valence-electron chi connectivity index (χ1n) is 9.91. The molecule has 0 aliphatic rings. The minimum absolute atomic E-state index is 0.0126. The van der Waals surface area contributed by atoms with Gasteiger partial charge in [-0.15, -0.1) is 0 Å². The Hall–Kier alpha value is -3.28. The van der Waals surface area contributed by atoms with E-state index in [9.17, 15) is 21.6 Å². The number of sulfonamides is 2. The summed E-state index contributed by atoms with van der Waals surface area (Å²) in [4.78, 5) is 12.5. The Kier molecular flexibility index (Phi) is 7.70. The zero-order valence-electron chi connectivity index (χ0n) is 18.2. The monoisotopic (exact) mass is 523 g/mol. The summed E-state index contributed by atoms with van der Waals surface area (Å²) in [5, 5.41) is 2.69. The first-order valence-corrected chi connectivity index (χ1v) is 13.7. The normalized spacial score (nSPS) is 11.5. The minimum Gasteiger partial charge on any atom is -0.494 e. The minimum atomic E-state index is -3.84. The summed E-state index contributed by atoms with van der Waals surface area (Å²) in [6.07, 6.45) is 0.988. The van der Waals surface area contributed by atoms with E-state index in [0.717, 1.165) is 6.26 Å². The zero-order chi connectivity index (χ0) is 24.9. The van der Waals surface area contributed by atoms with Gasteiger partial charge in [-0.25, -0.2) is 16.8 Å². The van der Waals surface area contributed by atoms with Crippen LogP contribution in [0, 0.1) is 0 Å². The van der Waals surface area contributed by atoms with Gasteiger partial charge in [-0.2, -0.15) is 0 Å². The molecular weight excluding hydrogens is 502 g/mol. The molecule has 3 aromatic rings. The Labute approximate surface area is 203 Å². The summed E-state index contributed by atoms with van der Waals surface area (Å²) < 4.78 is 58.1. The number of rotatable bonds is 9. The topological polar surface area (TPSA) is 131 Å². The number of carbonyl (C=O) groups excluding carboxylic acids is 1. The maximum atomic E-state index is 12.6. The van der Waals surface area contributed by atoms with Gasteiger partial charge in [-0.3, -0.25) is 14.2 Å². The highest BCUT2D eigenvalue weighted by Crippen LogP contribution is 2.25. The Morgan fingerprint density at radius 2 is 1.50 bits per heavy atom. The van der Waals surface area contributed by atoms with Crippen molar-refractivity contribution in [1.29, 1.82) is 0 Å². The van der Waals surface area contributed by atoms with Crippen molar-refractivity contribution in [3.8, 4) is 5.75 Å². The molecule has 0 heterocycles. The van der Waals surface area contributed by atoms with Gasteiger partial charge in [0.2, 0.25) is 10.0 Å². The summed E-state index contributed by atoms with van der Waals surface area (Å²) in [6.45, 7) is 2.36. The third-order valence-electron chi connectivity index (χ3n) is 4.37. The Bertz CT molecular complexity index is 1390. The Morgan fingerprint density at radius 1 is 0.882 bits per heavy atom. The number of anilines is 3. The first-order chi connectivity index (χ1) is 16.0. The highest BCUT2D eigenvalue weighted by Gasteiger charge is 2.15. The lowest BCUT2D eigenvalue weighted by molar-refractivity contribution is 0.102. The lowest BCUT2D eigenvalue weighted by Gasteiger charge is -2.11. The van der Waals surface area contributed by atoms with Crippen molar-refractivity contribution < 1.29 is 26.4 Å². The number of amides is 1. The van der Waals surface area contributed by atoms with Crippen molar-refractivity contribution in [3.05, 3.63) is 77.3 Å². The van der Waals surface area contributed by atoms with Gasteiger partial charge in [0.1, 0.15) is 5.75 Å². The molecule has 3 N–H and O–H groups in total. The van der Waals surface area contributed by atoms with Crippen molar-refractivity contribution in [1.82, 2.24) is 0 Å². The molecule has 3 rings (SSSR count). The molecule has 0 saturated carbocycles. The summed E-state index contributed by atoms with van der Waals surface area (Å²) in [6, 6.07) is 16.2. The SMILES string of the molecule is CCOc1ccc(NS(=O)(=O)c2ccc(NC(=O)c3ccc(NS(C)(=O)=O)c(Cl)c3)cc2)cc1. The van der Waals surface area contributed by atoms with E-state index in [1.54, 1.807) is 24.3 Å². The van der Waals surface area contributed by atoms with E-state index in [-0.39, 0.29) is 21.2 Å². The molecule has 0 radical (unpaired) electrons. The Morgan fingerprint density at radius 3 is 2.06 bits per heavy atom. The molecule has 0 saturated heterocycles. The standard InChI is InChI=1S/C22H22ClN3O6S2/c1-3-32-18-9-5-17(6-10-18)25-34(30,31)19-11-7-16(8-12-19)24-22(27)15-4-13-21(20(23)14-15)26-33(2,28)29/h4-14,25-26H,3H2,1-2H3,(H,24,27). The molecule has 180 valence electrons. The van der Waals surface area contributed by atoms with Crippen molar-refractivity contribution in [3.63, 3.8) is 0 Å². The quantitative estimate of drug-likeness (QED) is 0.386. The molecule has 0 unspecified atom stereocenters. The smallest absolute Gasteiger partial charge is 0.261 e. The number of ether oxygens (including phenoxy) is 1. The van der Waals surface area contributed by atoms with E-state index < -0.39 is 26.0 Å². The first kappa shape index (κ1) is 25.3. The average molecular weight is 524 g/mol. The van der Waals surface area contributed by atoms with Crippen LogP contribution in [0.4, 0.5) is 17.1 Å². The summed E-state index contributed by atoms with van der Waals surface area (Å²) in [5.74, 6) is 0.129. The number of carbonyl (C=O) groups is 1. The van der Waals surface area contributed by atoms with Crippen molar-refractivity contribution >= 4 is 54.6 Å². The van der Waals surface area contributed by atoms with E-state index in [1.165, 1.54) is 42.5 Å². The molecule has 0 aromatic heterocycles. The van der Waals surface area contributed by atoms with Gasteiger partial charge < -0.3 is 10.1 Å². The predicted molar refractivity (Wildman–Crippen MR) is 133 cm³/mol. The molecule has 34 heavy (non-hydrogen) atoms. The fourth-order valence-corrected chi connectivity index (χ4v) is 4.78. The number of hydrogen-bond donors (Lipinski definition) is 3. The van der Waals surface area contributed by atoms with Gasteiger partial charge in [0.05, 0.1) is 28.5 Å². The van der Waals surface area contributed by atoms with Gasteiger partial charge in [0.15, 0.2) is 0 Å². The van der Waals surface area contributed by atoms with E-state index >= 15 is 0 Å². The fraction of sp³-hybridized carbons (Fsp3) is 0.136. The maximum Gasteiger partial charge on any atom is 0.261 e. The molecule has 1 amide bonds. The molecule has 0 aliphatic carbocycles. The molecule has 12 heteroatoms. The van der Waals surface area contributed by atoms with Crippen LogP contribution in [0.5, 0.6) is 5.75 Å². The highest BCUT2D eigenvalue weighted by molar-refractivity contribution is 7.92. The van der Waals surface area contributed by atoms with Crippen LogP contribution in [-0.2, 0) is 20.0 Å². The number of hydrogen-bond acceptors (Lipinski definition) is 6. The van der Waals surface area contributed by atoms with Crippen LogP contribution in [0.3, 0.4) is 0 Å². The van der Waals surface area contributed by atoms with E-state index in [4.69, 9.17) is 16.3 Å². The van der Waals surface area contributed by atoms with Crippen LogP contribution in [0.1, 0.15) is 17.3 Å². The predicted octanol–water partition coefficient (Wildman–Crippen LogP) is 4.16. The molecule has 3 aromatic carbocycles. The molecule has 0 aliphatic heterocycles. The van der Waals surface area contributed by atoms with Gasteiger partial charge in [-0.1, -0.05) is 11.6 Å². The zero-order valence-corrected chi connectivity index (χ0v) is 20.6. The largest absolute Gasteiger partial charge is 0.494 e. The number of benzene rings is 3. The van der Waals surface area contributed by atoms with Crippen LogP contribution in [0.15, 0.2) is 71.6 Å². The van der Waals surface area contributed by atoms with Crippen LogP contribution in [0.25, 0.3) is 0 Å². The lowest BCUT2D eigenvalue weighted by Crippen LogP contribution is -2.14. The van der Waals surface area contributed by atoms with E-state index in [1.807, 2.05) is 6.92 Å². The van der Waals surface area contributed by atoms with Crippen molar-refractivity contribution in [2.24, 2.45) is 0 Å². The van der Waals surface area contributed by atoms with Gasteiger partial charge >= 0.3 is 0 Å². The third-order valence-corrected chi connectivity index (χ3v) is 6.67. The summed E-state index contributed by atoms with van der Waals surface area (Å²) >= 11 is 6.06. The van der Waals surface area contributed by atoms with Crippen molar-refractivity contribution in [2.75, 3.05) is 27.6 Å². The molecular formula is C22H22ClN3O6S2. The highest BCUT2D eigenvalue weighted by atomic mass is 35.5. The second-order valence-electron chi connectivity index (χ2n) is 7.11. The average Bonchev–Trinajstić information content (AvgIpc) is 2.76. The Balaban J connectivity index is 1.68. The lowest BCUT2D eigenvalue weighted by atomic mass is 10.2. The molecule has 0 bridgehead atoms. The molecule has 0 fully saturated rings. The second kappa shape index (κ2) is 10.3. The summed E-state index contributed by atoms with van der Waals surface area (Å²) in [7, 11) is -7.36. The van der Waals surface area contributed by atoms with Gasteiger partial charge in [0.25, 0.3) is 15.9 Å². The number of nitrogens with one attached hydrogen (secondary N) is 3. The maximum absolute atomic E-state index is 12.6. The van der Waals surface area contributed by atoms with Crippen LogP contribution >= 0.6 is 11.6 Å². The third kappa shape index (κ3) is 6.86. The van der Waals surface area contributed by atoms with Crippen LogP contribution in [0.2, 0.25) is 5.02 Å². The molecule has 0 atom stereocenters. The molecule has 9 nitrogen and oxygen atoms in total. The molecule has 0 spiro atoms. The van der Waals surface area contributed by atoms with Crippen molar-refractivity contribution in [2.45, 2.75) is 11.8 Å². The summed E-state index contributed by atoms with van der Waals surface area (Å²) in [5.41, 5.74) is 1.08. The van der Waals surface area contributed by atoms with Gasteiger partial charge in [-0.05, 0) is 73.7 Å². The van der Waals surface area contributed by atoms with E-state index in [2.05, 4.69) is 14.8 Å². The fourth-order valence-electron chi connectivity index (χ4n) is 2.86. The van der Waals surface area contributed by atoms with Gasteiger partial charge in [0, 0.05) is 16.9 Å². The second-order valence-corrected chi connectivity index (χ2v) is 10.9. The van der Waals surface area contributed by atoms with E-state index in [0.29, 0.717) is 23.7 Å². The van der Waals surface area contributed by atoms with Crippen LogP contribution in [-0.4, -0.2) is 35.6 Å². The van der Waals surface area contributed by atoms with Crippen LogP contribution < -0.4 is 19.5 Å². The number of halogens is 1.